The summed E-state index contributed by atoms with van der Waals surface area (Å²) in [6.45, 7) is 7.26. The first-order chi connectivity index (χ1) is 12.9. The molecule has 2 atom stereocenters. The summed E-state index contributed by atoms with van der Waals surface area (Å²) < 4.78 is 25.5. The second-order valence-electron chi connectivity index (χ2n) is 8.01. The Labute approximate surface area is 161 Å². The van der Waals surface area contributed by atoms with Crippen LogP contribution in [0.5, 0.6) is 0 Å². The number of fused-ring (bicyclic) bond motifs is 3. The van der Waals surface area contributed by atoms with E-state index in [0.717, 1.165) is 29.9 Å². The van der Waals surface area contributed by atoms with Crippen LogP contribution >= 0.6 is 0 Å². The van der Waals surface area contributed by atoms with Gasteiger partial charge in [-0.1, -0.05) is 44.2 Å². The molecule has 0 aliphatic carbocycles. The van der Waals surface area contributed by atoms with E-state index in [-0.39, 0.29) is 16.9 Å². The van der Waals surface area contributed by atoms with Crippen LogP contribution in [0.15, 0.2) is 36.5 Å². The first kappa shape index (κ1) is 18.4. The molecule has 2 aromatic rings. The molecule has 0 unspecified atom stereocenters. The second kappa shape index (κ2) is 7.20. The molecular weight excluding hydrogens is 360 g/mol. The van der Waals surface area contributed by atoms with Gasteiger partial charge in [-0.05, 0) is 11.5 Å². The molecule has 27 heavy (non-hydrogen) atoms. The van der Waals surface area contributed by atoms with E-state index < -0.39 is 9.84 Å². The van der Waals surface area contributed by atoms with Crippen LogP contribution in [0.3, 0.4) is 0 Å². The fraction of sp³-hybridized carbons (Fsp3) is 0.500. The molecule has 1 N–H and O–H groups in total. The number of sulfone groups is 1. The van der Waals surface area contributed by atoms with Crippen molar-refractivity contribution < 1.29 is 8.42 Å². The lowest BCUT2D eigenvalue weighted by Crippen LogP contribution is -2.35. The van der Waals surface area contributed by atoms with Crippen molar-refractivity contribution in [3.63, 3.8) is 0 Å². The molecule has 1 aromatic carbocycles. The molecule has 0 amide bonds. The van der Waals surface area contributed by atoms with Crippen molar-refractivity contribution in [2.75, 3.05) is 25.0 Å². The predicted molar refractivity (Wildman–Crippen MR) is 106 cm³/mol. The van der Waals surface area contributed by atoms with Gasteiger partial charge in [0.25, 0.3) is 0 Å². The van der Waals surface area contributed by atoms with E-state index in [2.05, 4.69) is 41.2 Å². The highest BCUT2D eigenvalue weighted by molar-refractivity contribution is 7.91. The molecule has 144 valence electrons. The third-order valence-electron chi connectivity index (χ3n) is 5.33. The molecule has 2 aliphatic rings. The SMILES string of the molecule is CC(C)CN1C[C@H]2c3nc(NCc4ccccc4)ncc3CS(=O)(=O)[C@H]2C1. The van der Waals surface area contributed by atoms with Crippen molar-refractivity contribution in [3.8, 4) is 0 Å². The van der Waals surface area contributed by atoms with Gasteiger partial charge in [0.15, 0.2) is 9.84 Å². The molecule has 2 aliphatic heterocycles. The van der Waals surface area contributed by atoms with Crippen molar-refractivity contribution in [1.82, 2.24) is 14.9 Å². The zero-order valence-corrected chi connectivity index (χ0v) is 16.6. The van der Waals surface area contributed by atoms with Crippen LogP contribution in [0.1, 0.15) is 36.6 Å². The van der Waals surface area contributed by atoms with E-state index in [1.165, 1.54) is 0 Å². The van der Waals surface area contributed by atoms with Crippen LogP contribution in [0, 0.1) is 5.92 Å². The first-order valence-electron chi connectivity index (χ1n) is 9.50. The third kappa shape index (κ3) is 3.84. The standard InChI is InChI=1S/C20H26N4O2S/c1-14(2)10-24-11-17-18(12-24)27(25,26)13-16-9-22-20(23-19(16)17)21-8-15-6-4-3-5-7-15/h3-7,9,14,17-18H,8,10-13H2,1-2H3,(H,21,22,23)/t17-,18+/m1/s1. The van der Waals surface area contributed by atoms with Crippen LogP contribution in [-0.2, 0) is 22.1 Å². The minimum Gasteiger partial charge on any atom is -0.350 e. The molecule has 7 heteroatoms. The maximum absolute atomic E-state index is 12.8. The number of nitrogens with one attached hydrogen (secondary N) is 1. The average Bonchev–Trinajstić information content (AvgIpc) is 3.05. The van der Waals surface area contributed by atoms with Crippen LogP contribution in [0.25, 0.3) is 0 Å². The number of rotatable bonds is 5. The quantitative estimate of drug-likeness (QED) is 0.851. The Morgan fingerprint density at radius 3 is 2.74 bits per heavy atom. The highest BCUT2D eigenvalue weighted by Crippen LogP contribution is 2.39. The summed E-state index contributed by atoms with van der Waals surface area (Å²) in [6.07, 6.45) is 1.69. The van der Waals surface area contributed by atoms with Gasteiger partial charge in [0.1, 0.15) is 0 Å². The van der Waals surface area contributed by atoms with Crippen LogP contribution < -0.4 is 5.32 Å². The van der Waals surface area contributed by atoms with Gasteiger partial charge >= 0.3 is 0 Å². The Morgan fingerprint density at radius 2 is 2.00 bits per heavy atom. The molecule has 3 heterocycles. The molecule has 6 nitrogen and oxygen atoms in total. The zero-order chi connectivity index (χ0) is 19.0. The highest BCUT2D eigenvalue weighted by Gasteiger charge is 2.47. The maximum atomic E-state index is 12.8. The molecule has 0 radical (unpaired) electrons. The molecular formula is C20H26N4O2S. The van der Waals surface area contributed by atoms with Gasteiger partial charge in [0.05, 0.1) is 16.7 Å². The van der Waals surface area contributed by atoms with E-state index in [1.54, 1.807) is 6.20 Å². The van der Waals surface area contributed by atoms with Crippen molar-refractivity contribution in [3.05, 3.63) is 53.3 Å². The minimum absolute atomic E-state index is 0.0536. The monoisotopic (exact) mass is 386 g/mol. The Hall–Kier alpha value is -1.99. The lowest BCUT2D eigenvalue weighted by molar-refractivity contribution is 0.294. The largest absolute Gasteiger partial charge is 0.350 e. The smallest absolute Gasteiger partial charge is 0.223 e. The number of nitrogens with zero attached hydrogens (tertiary/aromatic N) is 3. The minimum atomic E-state index is -3.15. The molecule has 1 saturated heterocycles. The number of hydrogen-bond acceptors (Lipinski definition) is 6. The summed E-state index contributed by atoms with van der Waals surface area (Å²) in [4.78, 5) is 11.4. The Balaban J connectivity index is 1.58. The zero-order valence-electron chi connectivity index (χ0n) is 15.8. The van der Waals surface area contributed by atoms with E-state index in [4.69, 9.17) is 4.98 Å². The lowest BCUT2D eigenvalue weighted by Gasteiger charge is -2.26. The predicted octanol–water partition coefficient (Wildman–Crippen LogP) is 2.44. The summed E-state index contributed by atoms with van der Waals surface area (Å²) >= 11 is 0. The van der Waals surface area contributed by atoms with Gasteiger partial charge in [-0.15, -0.1) is 0 Å². The van der Waals surface area contributed by atoms with Gasteiger partial charge in [-0.25, -0.2) is 18.4 Å². The molecule has 0 saturated carbocycles. The van der Waals surface area contributed by atoms with Gasteiger partial charge in [0, 0.05) is 43.9 Å². The first-order valence-corrected chi connectivity index (χ1v) is 11.2. The summed E-state index contributed by atoms with van der Waals surface area (Å²) in [5, 5.41) is 2.92. The molecule has 1 fully saturated rings. The number of aromatic nitrogens is 2. The van der Waals surface area contributed by atoms with Gasteiger partial charge in [0.2, 0.25) is 5.95 Å². The summed E-state index contributed by atoms with van der Waals surface area (Å²) in [5.74, 6) is 1.08. The van der Waals surface area contributed by atoms with Crippen LogP contribution in [0.4, 0.5) is 5.95 Å². The summed E-state index contributed by atoms with van der Waals surface area (Å²) in [7, 11) is -3.15. The molecule has 1 aromatic heterocycles. The summed E-state index contributed by atoms with van der Waals surface area (Å²) in [5.41, 5.74) is 2.82. The number of anilines is 1. The fourth-order valence-electron chi connectivity index (χ4n) is 4.18. The van der Waals surface area contributed by atoms with Crippen molar-refractivity contribution >= 4 is 15.8 Å². The van der Waals surface area contributed by atoms with Gasteiger partial charge < -0.3 is 10.2 Å². The number of benzene rings is 1. The fourth-order valence-corrected chi connectivity index (χ4v) is 6.21. The van der Waals surface area contributed by atoms with Crippen molar-refractivity contribution in [2.24, 2.45) is 5.92 Å². The van der Waals surface area contributed by atoms with Gasteiger partial charge in [-0.2, -0.15) is 0 Å². The topological polar surface area (TPSA) is 75.2 Å². The van der Waals surface area contributed by atoms with Crippen molar-refractivity contribution in [2.45, 2.75) is 37.3 Å². The molecule has 0 spiro atoms. The van der Waals surface area contributed by atoms with Gasteiger partial charge in [-0.3, -0.25) is 0 Å². The molecule has 4 rings (SSSR count). The Bertz CT molecular complexity index is 915. The molecule has 0 bridgehead atoms. The van der Waals surface area contributed by atoms with E-state index in [0.29, 0.717) is 25.0 Å². The van der Waals surface area contributed by atoms with E-state index in [9.17, 15) is 8.42 Å². The highest BCUT2D eigenvalue weighted by atomic mass is 32.2. The third-order valence-corrected chi connectivity index (χ3v) is 7.44. The maximum Gasteiger partial charge on any atom is 0.223 e. The average molecular weight is 387 g/mol. The van der Waals surface area contributed by atoms with Crippen molar-refractivity contribution in [1.29, 1.82) is 0 Å². The van der Waals surface area contributed by atoms with Crippen LogP contribution in [-0.4, -0.2) is 48.2 Å². The normalized spacial score (nSPS) is 23.8. The second-order valence-corrected chi connectivity index (χ2v) is 10.2. The lowest BCUT2D eigenvalue weighted by atomic mass is 10.00. The number of hydrogen-bond donors (Lipinski definition) is 1. The number of likely N-dealkylation sites (tertiary alicyclic amines) is 1. The van der Waals surface area contributed by atoms with E-state index >= 15 is 0 Å². The van der Waals surface area contributed by atoms with E-state index in [1.807, 2.05) is 18.2 Å². The summed E-state index contributed by atoms with van der Waals surface area (Å²) in [6, 6.07) is 10.1. The Morgan fingerprint density at radius 1 is 1.22 bits per heavy atom. The Kier molecular flexibility index (Phi) is 4.90. The van der Waals surface area contributed by atoms with Crippen LogP contribution in [0.2, 0.25) is 0 Å².